The van der Waals surface area contributed by atoms with Crippen LogP contribution in [0.1, 0.15) is 38.2 Å². The van der Waals surface area contributed by atoms with Crippen molar-refractivity contribution in [2.75, 3.05) is 18.8 Å². The van der Waals surface area contributed by atoms with Gasteiger partial charge in [0, 0.05) is 29.6 Å². The summed E-state index contributed by atoms with van der Waals surface area (Å²) in [5.74, 6) is 3.41. The molecule has 1 aromatic heterocycles. The van der Waals surface area contributed by atoms with Crippen molar-refractivity contribution < 1.29 is 4.42 Å². The molecule has 0 radical (unpaired) electrons. The predicted molar refractivity (Wildman–Crippen MR) is 80.4 cm³/mol. The van der Waals surface area contributed by atoms with E-state index >= 15 is 0 Å². The summed E-state index contributed by atoms with van der Waals surface area (Å²) in [6.07, 6.45) is 2.65. The van der Waals surface area contributed by atoms with Gasteiger partial charge in [-0.2, -0.15) is 11.8 Å². The molecule has 2 fully saturated rings. The Morgan fingerprint density at radius 1 is 1.37 bits per heavy atom. The van der Waals surface area contributed by atoms with E-state index in [1.54, 1.807) is 0 Å². The molecule has 1 saturated heterocycles. The minimum Gasteiger partial charge on any atom is -0.463 e. The molecule has 3 nitrogen and oxygen atoms in total. The van der Waals surface area contributed by atoms with Crippen LogP contribution in [0.15, 0.2) is 16.5 Å². The molecule has 0 amide bonds. The first-order valence-electron chi connectivity index (χ1n) is 7.28. The topological polar surface area (TPSA) is 28.4 Å². The lowest BCUT2D eigenvalue weighted by molar-refractivity contribution is 0.230. The number of furan rings is 1. The third kappa shape index (κ3) is 4.01. The maximum absolute atomic E-state index is 5.92. The molecule has 1 N–H and O–H groups in total. The molecule has 2 aliphatic rings. The summed E-state index contributed by atoms with van der Waals surface area (Å²) in [6, 6.07) is 5.00. The Bertz CT molecular complexity index is 426. The summed E-state index contributed by atoms with van der Waals surface area (Å²) < 4.78 is 6.30. The molecule has 0 bridgehead atoms. The van der Waals surface area contributed by atoms with Gasteiger partial charge < -0.3 is 9.73 Å². The van der Waals surface area contributed by atoms with Crippen molar-refractivity contribution >= 4 is 11.8 Å². The van der Waals surface area contributed by atoms with Crippen molar-refractivity contribution in [2.45, 2.75) is 50.6 Å². The number of nitrogens with one attached hydrogen (secondary N) is 1. The summed E-state index contributed by atoms with van der Waals surface area (Å²) in [5.41, 5.74) is 0. The van der Waals surface area contributed by atoms with E-state index in [9.17, 15) is 0 Å². The number of hydrogen-bond acceptors (Lipinski definition) is 4. The normalized spacial score (nSPS) is 23.7. The standard InChI is InChI=1S/C15H24N2OS/c1-15(2)11-17(7-8-19-15)10-14-6-5-13(18-14)9-16-12-3-4-12/h5-6,12,16H,3-4,7-11H2,1-2H3. The summed E-state index contributed by atoms with van der Waals surface area (Å²) >= 11 is 2.08. The Morgan fingerprint density at radius 3 is 2.89 bits per heavy atom. The lowest BCUT2D eigenvalue weighted by Crippen LogP contribution is -2.42. The molecule has 0 aromatic carbocycles. The summed E-state index contributed by atoms with van der Waals surface area (Å²) in [6.45, 7) is 8.81. The molecule has 3 rings (SSSR count). The molecular formula is C15H24N2OS. The Labute approximate surface area is 120 Å². The molecule has 2 heterocycles. The van der Waals surface area contributed by atoms with Crippen LogP contribution in [0, 0.1) is 0 Å². The Morgan fingerprint density at radius 2 is 2.16 bits per heavy atom. The zero-order valence-electron chi connectivity index (χ0n) is 11.9. The minimum absolute atomic E-state index is 0.376. The van der Waals surface area contributed by atoms with Gasteiger partial charge in [-0.3, -0.25) is 4.90 Å². The molecule has 1 aromatic rings. The van der Waals surface area contributed by atoms with Gasteiger partial charge in [0.25, 0.3) is 0 Å². The summed E-state index contributed by atoms with van der Waals surface area (Å²) in [4.78, 5) is 2.51. The van der Waals surface area contributed by atoms with Gasteiger partial charge in [-0.05, 0) is 38.8 Å². The SMILES string of the molecule is CC1(C)CN(Cc2ccc(CNC3CC3)o2)CCS1. The second-order valence-electron chi connectivity index (χ2n) is 6.34. The van der Waals surface area contributed by atoms with Crippen LogP contribution in [0.25, 0.3) is 0 Å². The Balaban J connectivity index is 1.51. The van der Waals surface area contributed by atoms with E-state index in [0.29, 0.717) is 4.75 Å². The van der Waals surface area contributed by atoms with E-state index in [-0.39, 0.29) is 0 Å². The average Bonchev–Trinajstić information content (AvgIpc) is 3.06. The van der Waals surface area contributed by atoms with Crippen molar-refractivity contribution in [3.63, 3.8) is 0 Å². The molecule has 1 aliphatic heterocycles. The largest absolute Gasteiger partial charge is 0.463 e. The molecule has 0 spiro atoms. The average molecular weight is 280 g/mol. The van der Waals surface area contributed by atoms with Gasteiger partial charge in [-0.15, -0.1) is 0 Å². The third-order valence-corrected chi connectivity index (χ3v) is 5.04. The fourth-order valence-corrected chi connectivity index (χ4v) is 3.78. The van der Waals surface area contributed by atoms with Gasteiger partial charge in [-0.25, -0.2) is 0 Å². The van der Waals surface area contributed by atoms with Crippen LogP contribution in [0.4, 0.5) is 0 Å². The predicted octanol–water partition coefficient (Wildman–Crippen LogP) is 2.86. The zero-order chi connectivity index (χ0) is 13.3. The van der Waals surface area contributed by atoms with Crippen LogP contribution in [0.3, 0.4) is 0 Å². The second-order valence-corrected chi connectivity index (χ2v) is 8.14. The van der Waals surface area contributed by atoms with Gasteiger partial charge in [0.2, 0.25) is 0 Å². The van der Waals surface area contributed by atoms with Crippen molar-refractivity contribution in [3.8, 4) is 0 Å². The van der Waals surface area contributed by atoms with Crippen molar-refractivity contribution in [1.29, 1.82) is 0 Å². The van der Waals surface area contributed by atoms with Crippen LogP contribution in [-0.2, 0) is 13.1 Å². The van der Waals surface area contributed by atoms with E-state index < -0.39 is 0 Å². The zero-order valence-corrected chi connectivity index (χ0v) is 12.8. The highest BCUT2D eigenvalue weighted by Gasteiger charge is 2.27. The van der Waals surface area contributed by atoms with Crippen LogP contribution >= 0.6 is 11.8 Å². The Hall–Kier alpha value is -0.450. The van der Waals surface area contributed by atoms with Gasteiger partial charge in [0.15, 0.2) is 0 Å². The minimum atomic E-state index is 0.376. The summed E-state index contributed by atoms with van der Waals surface area (Å²) in [7, 11) is 0. The number of thioether (sulfide) groups is 1. The fraction of sp³-hybridized carbons (Fsp3) is 0.733. The molecule has 1 saturated carbocycles. The highest BCUT2D eigenvalue weighted by atomic mass is 32.2. The molecule has 106 valence electrons. The van der Waals surface area contributed by atoms with E-state index in [1.165, 1.54) is 25.1 Å². The van der Waals surface area contributed by atoms with Gasteiger partial charge in [0.05, 0.1) is 13.1 Å². The highest BCUT2D eigenvalue weighted by molar-refractivity contribution is 8.00. The van der Waals surface area contributed by atoms with Gasteiger partial charge in [0.1, 0.15) is 11.5 Å². The Kier molecular flexibility index (Phi) is 3.92. The van der Waals surface area contributed by atoms with Gasteiger partial charge in [-0.1, -0.05) is 0 Å². The number of nitrogens with zero attached hydrogens (tertiary/aromatic N) is 1. The molecule has 1 aliphatic carbocycles. The first-order valence-corrected chi connectivity index (χ1v) is 8.27. The van der Waals surface area contributed by atoms with E-state index in [1.807, 2.05) is 0 Å². The maximum Gasteiger partial charge on any atom is 0.118 e. The van der Waals surface area contributed by atoms with Crippen LogP contribution in [0.2, 0.25) is 0 Å². The molecule has 0 unspecified atom stereocenters. The molecular weight excluding hydrogens is 256 g/mol. The van der Waals surface area contributed by atoms with Gasteiger partial charge >= 0.3 is 0 Å². The van der Waals surface area contributed by atoms with E-state index in [4.69, 9.17) is 4.42 Å². The molecule has 4 heteroatoms. The molecule has 19 heavy (non-hydrogen) atoms. The quantitative estimate of drug-likeness (QED) is 0.898. The van der Waals surface area contributed by atoms with Crippen LogP contribution < -0.4 is 5.32 Å². The van der Waals surface area contributed by atoms with Crippen molar-refractivity contribution in [2.24, 2.45) is 0 Å². The highest BCUT2D eigenvalue weighted by Crippen LogP contribution is 2.30. The first-order chi connectivity index (χ1) is 9.11. The lowest BCUT2D eigenvalue weighted by atomic mass is 10.2. The maximum atomic E-state index is 5.92. The monoisotopic (exact) mass is 280 g/mol. The van der Waals surface area contributed by atoms with Crippen molar-refractivity contribution in [1.82, 2.24) is 10.2 Å². The van der Waals surface area contributed by atoms with Crippen LogP contribution in [-0.4, -0.2) is 34.5 Å². The van der Waals surface area contributed by atoms with Crippen LogP contribution in [0.5, 0.6) is 0 Å². The second kappa shape index (κ2) is 5.51. The lowest BCUT2D eigenvalue weighted by Gasteiger charge is -2.37. The third-order valence-electron chi connectivity index (χ3n) is 3.74. The molecule has 0 atom stereocenters. The van der Waals surface area contributed by atoms with E-state index in [2.05, 4.69) is 48.0 Å². The summed E-state index contributed by atoms with van der Waals surface area (Å²) in [5, 5.41) is 3.49. The number of rotatable bonds is 5. The first kappa shape index (κ1) is 13.5. The smallest absolute Gasteiger partial charge is 0.118 e. The van der Waals surface area contributed by atoms with Crippen molar-refractivity contribution in [3.05, 3.63) is 23.7 Å². The van der Waals surface area contributed by atoms with E-state index in [0.717, 1.165) is 37.2 Å². The fourth-order valence-electron chi connectivity index (χ4n) is 2.60. The number of hydrogen-bond donors (Lipinski definition) is 1.